The lowest BCUT2D eigenvalue weighted by Crippen LogP contribution is -2.30. The number of anilines is 1. The zero-order chi connectivity index (χ0) is 14.9. The fourth-order valence-corrected chi connectivity index (χ4v) is 3.34. The molecule has 5 heteroatoms. The third-order valence-electron chi connectivity index (χ3n) is 3.61. The molecule has 1 aliphatic rings. The van der Waals surface area contributed by atoms with Gasteiger partial charge in [-0.05, 0) is 37.1 Å². The Balaban J connectivity index is 1.67. The van der Waals surface area contributed by atoms with Crippen molar-refractivity contribution in [3.8, 4) is 10.6 Å². The van der Waals surface area contributed by atoms with Crippen LogP contribution in [0, 0.1) is 0 Å². The summed E-state index contributed by atoms with van der Waals surface area (Å²) in [5.74, 6) is 0. The van der Waals surface area contributed by atoms with E-state index in [1.54, 1.807) is 11.3 Å². The number of nitrogens with zero attached hydrogens (tertiary/aromatic N) is 1. The number of para-hydroxylation sites is 2. The summed E-state index contributed by atoms with van der Waals surface area (Å²) in [6.07, 6.45) is 2.15. The minimum Gasteiger partial charge on any atom is -0.335 e. The van der Waals surface area contributed by atoms with Crippen molar-refractivity contribution >= 4 is 33.3 Å². The highest BCUT2D eigenvalue weighted by Gasteiger charge is 2.23. The zero-order valence-electron chi connectivity index (χ0n) is 11.9. The molecule has 3 aromatic rings. The van der Waals surface area contributed by atoms with Gasteiger partial charge in [0.2, 0.25) is 0 Å². The molecule has 0 unspecified atom stereocenters. The Hall–Kier alpha value is -2.40. The van der Waals surface area contributed by atoms with E-state index in [0.29, 0.717) is 6.04 Å². The first kappa shape index (κ1) is 13.3. The van der Waals surface area contributed by atoms with Crippen molar-refractivity contribution in [1.29, 1.82) is 0 Å². The van der Waals surface area contributed by atoms with E-state index < -0.39 is 0 Å². The van der Waals surface area contributed by atoms with E-state index in [-0.39, 0.29) is 6.03 Å². The van der Waals surface area contributed by atoms with Gasteiger partial charge in [-0.15, -0.1) is 11.3 Å². The quantitative estimate of drug-likeness (QED) is 0.760. The molecule has 1 heterocycles. The van der Waals surface area contributed by atoms with Crippen molar-refractivity contribution < 1.29 is 4.79 Å². The van der Waals surface area contributed by atoms with Crippen molar-refractivity contribution in [2.75, 3.05) is 5.32 Å². The lowest BCUT2D eigenvalue weighted by atomic mass is 10.2. The van der Waals surface area contributed by atoms with Crippen LogP contribution in [-0.4, -0.2) is 17.1 Å². The van der Waals surface area contributed by atoms with Crippen LogP contribution in [0.4, 0.5) is 10.5 Å². The predicted molar refractivity (Wildman–Crippen MR) is 90.2 cm³/mol. The Kier molecular flexibility index (Phi) is 3.27. The molecule has 0 atom stereocenters. The highest BCUT2D eigenvalue weighted by molar-refractivity contribution is 7.21. The van der Waals surface area contributed by atoms with Gasteiger partial charge in [0.25, 0.3) is 0 Å². The monoisotopic (exact) mass is 309 g/mol. The molecule has 1 saturated carbocycles. The molecule has 0 bridgehead atoms. The molecule has 4 rings (SSSR count). The second-order valence-corrected chi connectivity index (χ2v) is 6.44. The van der Waals surface area contributed by atoms with E-state index in [9.17, 15) is 4.79 Å². The first-order valence-corrected chi connectivity index (χ1v) is 8.14. The van der Waals surface area contributed by atoms with E-state index in [1.165, 1.54) is 0 Å². The minimum atomic E-state index is -0.143. The SMILES string of the molecule is O=C(Nc1ccccc1-c1nc2ccccc2s1)NC1CC1. The van der Waals surface area contributed by atoms with Gasteiger partial charge in [0.15, 0.2) is 0 Å². The van der Waals surface area contributed by atoms with Crippen molar-refractivity contribution in [3.05, 3.63) is 48.5 Å². The first-order chi connectivity index (χ1) is 10.8. The van der Waals surface area contributed by atoms with Gasteiger partial charge in [0, 0.05) is 11.6 Å². The van der Waals surface area contributed by atoms with Crippen molar-refractivity contribution in [1.82, 2.24) is 10.3 Å². The summed E-state index contributed by atoms with van der Waals surface area (Å²) in [7, 11) is 0. The Morgan fingerprint density at radius 3 is 2.68 bits per heavy atom. The number of hydrogen-bond acceptors (Lipinski definition) is 3. The highest BCUT2D eigenvalue weighted by atomic mass is 32.1. The summed E-state index contributed by atoms with van der Waals surface area (Å²) in [6, 6.07) is 16.0. The number of carbonyl (C=O) groups is 1. The van der Waals surface area contributed by atoms with Crippen molar-refractivity contribution in [2.45, 2.75) is 18.9 Å². The van der Waals surface area contributed by atoms with E-state index in [1.807, 2.05) is 42.5 Å². The average Bonchev–Trinajstić information content (AvgIpc) is 3.23. The smallest absolute Gasteiger partial charge is 0.319 e. The molecule has 0 radical (unpaired) electrons. The molecular formula is C17H15N3OS. The molecule has 110 valence electrons. The molecule has 2 N–H and O–H groups in total. The molecule has 22 heavy (non-hydrogen) atoms. The zero-order valence-corrected chi connectivity index (χ0v) is 12.7. The van der Waals surface area contributed by atoms with Crippen molar-refractivity contribution in [2.24, 2.45) is 0 Å². The van der Waals surface area contributed by atoms with E-state index in [2.05, 4.69) is 21.7 Å². The Labute approximate surface area is 132 Å². The summed E-state index contributed by atoms with van der Waals surface area (Å²) in [4.78, 5) is 16.7. The van der Waals surface area contributed by atoms with Crippen LogP contribution >= 0.6 is 11.3 Å². The molecule has 2 amide bonds. The fraction of sp³-hybridized carbons (Fsp3) is 0.176. The molecule has 0 spiro atoms. The Morgan fingerprint density at radius 1 is 1.09 bits per heavy atom. The van der Waals surface area contributed by atoms with Gasteiger partial charge < -0.3 is 10.6 Å². The van der Waals surface area contributed by atoms with Crippen LogP contribution in [0.25, 0.3) is 20.8 Å². The molecule has 1 fully saturated rings. The number of thiazole rings is 1. The van der Waals surface area contributed by atoms with Crippen LogP contribution in [0.2, 0.25) is 0 Å². The summed E-state index contributed by atoms with van der Waals surface area (Å²) >= 11 is 1.64. The van der Waals surface area contributed by atoms with E-state index in [4.69, 9.17) is 0 Å². The molecule has 2 aromatic carbocycles. The maximum Gasteiger partial charge on any atom is 0.319 e. The van der Waals surface area contributed by atoms with Gasteiger partial charge >= 0.3 is 6.03 Å². The molecule has 1 aromatic heterocycles. The van der Waals surface area contributed by atoms with Gasteiger partial charge in [-0.3, -0.25) is 0 Å². The number of aromatic nitrogens is 1. The molecule has 1 aliphatic carbocycles. The van der Waals surface area contributed by atoms with Crippen LogP contribution in [0.15, 0.2) is 48.5 Å². The topological polar surface area (TPSA) is 54.0 Å². The maximum atomic E-state index is 12.0. The second kappa shape index (κ2) is 5.42. The fourth-order valence-electron chi connectivity index (χ4n) is 2.34. The van der Waals surface area contributed by atoms with E-state index in [0.717, 1.165) is 39.3 Å². The number of nitrogens with one attached hydrogen (secondary N) is 2. The predicted octanol–water partition coefficient (Wildman–Crippen LogP) is 4.25. The molecule has 0 saturated heterocycles. The minimum absolute atomic E-state index is 0.143. The van der Waals surface area contributed by atoms with Crippen LogP contribution < -0.4 is 10.6 Å². The number of benzene rings is 2. The van der Waals surface area contributed by atoms with Gasteiger partial charge in [0.05, 0.1) is 15.9 Å². The van der Waals surface area contributed by atoms with Gasteiger partial charge in [-0.2, -0.15) is 0 Å². The number of urea groups is 1. The molecular weight excluding hydrogens is 294 g/mol. The van der Waals surface area contributed by atoms with Crippen LogP contribution in [-0.2, 0) is 0 Å². The summed E-state index contributed by atoms with van der Waals surface area (Å²) in [5, 5.41) is 6.80. The third kappa shape index (κ3) is 2.67. The first-order valence-electron chi connectivity index (χ1n) is 7.32. The summed E-state index contributed by atoms with van der Waals surface area (Å²) < 4.78 is 1.15. The van der Waals surface area contributed by atoms with Gasteiger partial charge in [-0.25, -0.2) is 9.78 Å². The largest absolute Gasteiger partial charge is 0.335 e. The average molecular weight is 309 g/mol. The second-order valence-electron chi connectivity index (χ2n) is 5.41. The standard InChI is InChI=1S/C17H15N3OS/c21-17(18-11-9-10-11)20-13-6-2-1-5-12(13)16-19-14-7-3-4-8-15(14)22-16/h1-8,11H,9-10H2,(H2,18,20,21). The number of fused-ring (bicyclic) bond motifs is 1. The highest BCUT2D eigenvalue weighted by Crippen LogP contribution is 2.34. The summed E-state index contributed by atoms with van der Waals surface area (Å²) in [6.45, 7) is 0. The van der Waals surface area contributed by atoms with Crippen LogP contribution in [0.1, 0.15) is 12.8 Å². The lowest BCUT2D eigenvalue weighted by Gasteiger charge is -2.10. The number of amides is 2. The maximum absolute atomic E-state index is 12.0. The third-order valence-corrected chi connectivity index (χ3v) is 4.68. The molecule has 4 nitrogen and oxygen atoms in total. The Morgan fingerprint density at radius 2 is 1.86 bits per heavy atom. The molecule has 0 aliphatic heterocycles. The lowest BCUT2D eigenvalue weighted by molar-refractivity contribution is 0.251. The van der Waals surface area contributed by atoms with Gasteiger partial charge in [0.1, 0.15) is 5.01 Å². The number of carbonyl (C=O) groups excluding carboxylic acids is 1. The Bertz CT molecular complexity index is 806. The summed E-state index contributed by atoms with van der Waals surface area (Å²) in [5.41, 5.74) is 2.73. The van der Waals surface area contributed by atoms with E-state index >= 15 is 0 Å². The van der Waals surface area contributed by atoms with Crippen molar-refractivity contribution in [3.63, 3.8) is 0 Å². The normalized spacial score (nSPS) is 14.0. The van der Waals surface area contributed by atoms with Gasteiger partial charge in [-0.1, -0.05) is 24.3 Å². The number of hydrogen-bond donors (Lipinski definition) is 2. The van der Waals surface area contributed by atoms with Crippen LogP contribution in [0.3, 0.4) is 0 Å². The number of rotatable bonds is 3. The van der Waals surface area contributed by atoms with Crippen LogP contribution in [0.5, 0.6) is 0 Å².